The summed E-state index contributed by atoms with van der Waals surface area (Å²) in [6.45, 7) is 1.20. The van der Waals surface area contributed by atoms with Crippen molar-refractivity contribution in [3.8, 4) is 5.75 Å². The fourth-order valence-corrected chi connectivity index (χ4v) is 4.44. The Hall–Kier alpha value is -3.24. The number of sulfonamides is 1. The van der Waals surface area contributed by atoms with Gasteiger partial charge in [0.25, 0.3) is 10.0 Å². The first-order chi connectivity index (χ1) is 15.4. The van der Waals surface area contributed by atoms with Gasteiger partial charge in [-0.2, -0.15) is 0 Å². The molecule has 0 atom stereocenters. The summed E-state index contributed by atoms with van der Waals surface area (Å²) < 4.78 is 68.2. The Bertz CT molecular complexity index is 1230. The number of rotatable bonds is 7. The molecule has 0 aliphatic carbocycles. The molecule has 1 amide bonds. The van der Waals surface area contributed by atoms with Crippen LogP contribution >= 0.6 is 11.6 Å². The molecule has 33 heavy (non-hydrogen) atoms. The Labute approximate surface area is 193 Å². The lowest BCUT2D eigenvalue weighted by Gasteiger charge is -2.24. The fourth-order valence-electron chi connectivity index (χ4n) is 2.90. The van der Waals surface area contributed by atoms with Crippen molar-refractivity contribution in [2.75, 3.05) is 16.2 Å². The predicted octanol–water partition coefficient (Wildman–Crippen LogP) is 5.38. The van der Waals surface area contributed by atoms with E-state index in [0.717, 1.165) is 22.0 Å². The average Bonchev–Trinajstić information content (AvgIpc) is 2.72. The number of carbonyl (C=O) groups is 1. The van der Waals surface area contributed by atoms with E-state index < -0.39 is 34.6 Å². The Balaban J connectivity index is 1.84. The highest BCUT2D eigenvalue weighted by Crippen LogP contribution is 2.27. The number of benzene rings is 3. The van der Waals surface area contributed by atoms with Crippen LogP contribution in [-0.2, 0) is 14.8 Å². The average molecular weight is 499 g/mol. The van der Waals surface area contributed by atoms with Gasteiger partial charge in [0, 0.05) is 10.7 Å². The molecule has 0 aromatic heterocycles. The quantitative estimate of drug-likeness (QED) is 0.474. The van der Waals surface area contributed by atoms with E-state index >= 15 is 0 Å². The van der Waals surface area contributed by atoms with Gasteiger partial charge < -0.3 is 10.1 Å². The van der Waals surface area contributed by atoms with Gasteiger partial charge in [-0.15, -0.1) is 13.2 Å². The third kappa shape index (κ3) is 6.62. The van der Waals surface area contributed by atoms with Gasteiger partial charge in [0.1, 0.15) is 12.3 Å². The topological polar surface area (TPSA) is 75.7 Å². The molecule has 0 aliphatic rings. The minimum atomic E-state index is -4.84. The van der Waals surface area contributed by atoms with E-state index in [1.54, 1.807) is 31.2 Å². The fraction of sp³-hybridized carbons (Fsp3) is 0.136. The van der Waals surface area contributed by atoms with Crippen molar-refractivity contribution in [3.63, 3.8) is 0 Å². The summed E-state index contributed by atoms with van der Waals surface area (Å²) in [6.07, 6.45) is -4.84. The molecule has 6 nitrogen and oxygen atoms in total. The van der Waals surface area contributed by atoms with Gasteiger partial charge in [-0.3, -0.25) is 9.10 Å². The molecule has 0 fully saturated rings. The molecular weight excluding hydrogens is 481 g/mol. The van der Waals surface area contributed by atoms with Crippen molar-refractivity contribution in [3.05, 3.63) is 83.4 Å². The van der Waals surface area contributed by atoms with Gasteiger partial charge >= 0.3 is 6.36 Å². The molecule has 0 radical (unpaired) electrons. The van der Waals surface area contributed by atoms with E-state index in [-0.39, 0.29) is 16.3 Å². The van der Waals surface area contributed by atoms with Crippen LogP contribution in [0, 0.1) is 6.92 Å². The van der Waals surface area contributed by atoms with Crippen molar-refractivity contribution >= 4 is 38.9 Å². The van der Waals surface area contributed by atoms with Gasteiger partial charge in [0.05, 0.1) is 10.6 Å². The van der Waals surface area contributed by atoms with Crippen LogP contribution < -0.4 is 14.4 Å². The van der Waals surface area contributed by atoms with Crippen LogP contribution in [0.2, 0.25) is 5.02 Å². The van der Waals surface area contributed by atoms with Crippen molar-refractivity contribution in [2.45, 2.75) is 18.2 Å². The predicted molar refractivity (Wildman–Crippen MR) is 119 cm³/mol. The number of hydrogen-bond donors (Lipinski definition) is 1. The number of anilines is 2. The molecule has 0 saturated carbocycles. The lowest BCUT2D eigenvalue weighted by molar-refractivity contribution is -0.274. The number of carbonyl (C=O) groups excluding carboxylic acids is 1. The molecule has 0 unspecified atom stereocenters. The van der Waals surface area contributed by atoms with Gasteiger partial charge in [0.2, 0.25) is 5.91 Å². The maximum absolute atomic E-state index is 13.3. The number of alkyl halides is 3. The summed E-state index contributed by atoms with van der Waals surface area (Å²) >= 11 is 5.86. The van der Waals surface area contributed by atoms with Crippen LogP contribution in [0.15, 0.2) is 77.7 Å². The molecule has 3 rings (SSSR count). The largest absolute Gasteiger partial charge is 0.573 e. The summed E-state index contributed by atoms with van der Waals surface area (Å²) in [6, 6.07) is 16.6. The minimum absolute atomic E-state index is 0.0603. The standard InChI is InChI=1S/C22H18ClF3N2O4S/c1-15-3-2-4-18(13-15)28(33(30,31)20-11-5-16(23)6-12-20)14-21(29)27-17-7-9-19(10-8-17)32-22(24,25)26/h2-13H,14H2,1H3,(H,27,29). The first kappa shape index (κ1) is 24.4. The normalized spacial score (nSPS) is 11.7. The van der Waals surface area contributed by atoms with Crippen molar-refractivity contribution < 1.29 is 31.1 Å². The molecule has 0 aliphatic heterocycles. The van der Waals surface area contributed by atoms with Crippen LogP contribution in [-0.4, -0.2) is 27.2 Å². The lowest BCUT2D eigenvalue weighted by Crippen LogP contribution is -2.38. The van der Waals surface area contributed by atoms with Gasteiger partial charge in [0.15, 0.2) is 0 Å². The number of ether oxygens (including phenoxy) is 1. The highest BCUT2D eigenvalue weighted by Gasteiger charge is 2.31. The van der Waals surface area contributed by atoms with Crippen LogP contribution in [0.1, 0.15) is 5.56 Å². The number of hydrogen-bond acceptors (Lipinski definition) is 4. The number of halogens is 4. The maximum Gasteiger partial charge on any atom is 0.573 e. The molecule has 0 spiro atoms. The summed E-state index contributed by atoms with van der Waals surface area (Å²) in [5.74, 6) is -1.15. The van der Waals surface area contributed by atoms with Crippen molar-refractivity contribution in [2.24, 2.45) is 0 Å². The second-order valence-corrected chi connectivity index (χ2v) is 9.22. The highest BCUT2D eigenvalue weighted by atomic mass is 35.5. The van der Waals surface area contributed by atoms with Crippen LogP contribution in [0.3, 0.4) is 0 Å². The second kappa shape index (κ2) is 9.72. The monoisotopic (exact) mass is 498 g/mol. The van der Waals surface area contributed by atoms with E-state index in [0.29, 0.717) is 5.02 Å². The number of nitrogens with one attached hydrogen (secondary N) is 1. The van der Waals surface area contributed by atoms with E-state index in [4.69, 9.17) is 11.6 Å². The molecule has 0 saturated heterocycles. The van der Waals surface area contributed by atoms with E-state index in [2.05, 4.69) is 10.1 Å². The van der Waals surface area contributed by atoms with Crippen molar-refractivity contribution in [1.29, 1.82) is 0 Å². The second-order valence-electron chi connectivity index (χ2n) is 6.92. The smallest absolute Gasteiger partial charge is 0.406 e. The third-order valence-electron chi connectivity index (χ3n) is 4.35. The summed E-state index contributed by atoms with van der Waals surface area (Å²) in [7, 11) is -4.13. The molecule has 3 aromatic rings. The SMILES string of the molecule is Cc1cccc(N(CC(=O)Nc2ccc(OC(F)(F)F)cc2)S(=O)(=O)c2ccc(Cl)cc2)c1. The highest BCUT2D eigenvalue weighted by molar-refractivity contribution is 7.92. The summed E-state index contributed by atoms with van der Waals surface area (Å²) in [4.78, 5) is 12.6. The van der Waals surface area contributed by atoms with Crippen LogP contribution in [0.5, 0.6) is 5.75 Å². The lowest BCUT2D eigenvalue weighted by atomic mass is 10.2. The van der Waals surface area contributed by atoms with Gasteiger partial charge in [-0.25, -0.2) is 8.42 Å². The zero-order valence-corrected chi connectivity index (χ0v) is 18.7. The van der Waals surface area contributed by atoms with Crippen LogP contribution in [0.4, 0.5) is 24.5 Å². The summed E-state index contributed by atoms with van der Waals surface area (Å²) in [5, 5.41) is 2.83. The number of amides is 1. The zero-order chi connectivity index (χ0) is 24.2. The zero-order valence-electron chi connectivity index (χ0n) is 17.1. The Morgan fingerprint density at radius 2 is 1.67 bits per heavy atom. The number of nitrogens with zero attached hydrogens (tertiary/aromatic N) is 1. The first-order valence-corrected chi connectivity index (χ1v) is 11.3. The van der Waals surface area contributed by atoms with Gasteiger partial charge in [-0.1, -0.05) is 23.7 Å². The van der Waals surface area contributed by atoms with Gasteiger partial charge in [-0.05, 0) is 73.2 Å². The Kier molecular flexibility index (Phi) is 7.19. The minimum Gasteiger partial charge on any atom is -0.406 e. The molecule has 3 aromatic carbocycles. The molecule has 11 heteroatoms. The Morgan fingerprint density at radius 3 is 2.24 bits per heavy atom. The molecule has 0 heterocycles. The van der Waals surface area contributed by atoms with E-state index in [1.807, 2.05) is 0 Å². The maximum atomic E-state index is 13.3. The Morgan fingerprint density at radius 1 is 1.03 bits per heavy atom. The number of aryl methyl sites for hydroxylation is 1. The van der Waals surface area contributed by atoms with Crippen LogP contribution in [0.25, 0.3) is 0 Å². The molecule has 174 valence electrons. The molecular formula is C22H18ClF3N2O4S. The van der Waals surface area contributed by atoms with E-state index in [9.17, 15) is 26.4 Å². The van der Waals surface area contributed by atoms with E-state index in [1.165, 1.54) is 36.4 Å². The molecule has 0 bridgehead atoms. The first-order valence-electron chi connectivity index (χ1n) is 9.45. The third-order valence-corrected chi connectivity index (χ3v) is 6.39. The summed E-state index contributed by atoms with van der Waals surface area (Å²) in [5.41, 5.74) is 1.22. The van der Waals surface area contributed by atoms with Crippen molar-refractivity contribution in [1.82, 2.24) is 0 Å². The molecule has 1 N–H and O–H groups in total.